The molecule has 0 aromatic carbocycles. The summed E-state index contributed by atoms with van der Waals surface area (Å²) < 4.78 is 4.81. The molecule has 4 heteroatoms. The predicted octanol–water partition coefficient (Wildman–Crippen LogP) is 2.12. The maximum absolute atomic E-state index is 11.0. The summed E-state index contributed by atoms with van der Waals surface area (Å²) in [5.41, 5.74) is 5.86. The van der Waals surface area contributed by atoms with Crippen molar-refractivity contribution in [3.63, 3.8) is 0 Å². The van der Waals surface area contributed by atoms with Crippen molar-refractivity contribution in [2.75, 3.05) is 6.61 Å². The van der Waals surface area contributed by atoms with Gasteiger partial charge in [-0.2, -0.15) is 0 Å². The van der Waals surface area contributed by atoms with E-state index >= 15 is 0 Å². The Labute approximate surface area is 92.8 Å². The first kappa shape index (κ1) is 16.2. The van der Waals surface area contributed by atoms with Crippen LogP contribution in [0.4, 0.5) is 0 Å². The lowest BCUT2D eigenvalue weighted by Crippen LogP contribution is -2.28. The van der Waals surface area contributed by atoms with Gasteiger partial charge in [0.2, 0.25) is 0 Å². The van der Waals surface area contributed by atoms with Crippen LogP contribution in [0.5, 0.6) is 0 Å². The second-order valence-electron chi connectivity index (χ2n) is 3.39. The molecule has 0 spiro atoms. The first-order chi connectivity index (χ1) is 6.11. The normalized spacial score (nSPS) is 14.0. The second kappa shape index (κ2) is 9.28. The van der Waals surface area contributed by atoms with E-state index in [4.69, 9.17) is 10.5 Å². The average Bonchev–Trinajstić information content (AvgIpc) is 2.13. The topological polar surface area (TPSA) is 52.3 Å². The van der Waals surface area contributed by atoms with Crippen LogP contribution in [0, 0.1) is 5.92 Å². The molecule has 0 bridgehead atoms. The first-order valence-electron chi connectivity index (χ1n) is 5.03. The monoisotopic (exact) mass is 223 g/mol. The Morgan fingerprint density at radius 3 is 2.43 bits per heavy atom. The molecule has 14 heavy (non-hydrogen) atoms. The molecule has 0 amide bonds. The van der Waals surface area contributed by atoms with Crippen molar-refractivity contribution in [1.82, 2.24) is 0 Å². The quantitative estimate of drug-likeness (QED) is 0.702. The standard InChI is InChI=1S/C10H21NO2.ClH/c1-4-8(3)9(11)6-7-10(12)13-5-2;/h8-9H,4-7,11H2,1-3H3;1H. The van der Waals surface area contributed by atoms with Crippen LogP contribution in [0.2, 0.25) is 0 Å². The van der Waals surface area contributed by atoms with Crippen LogP contribution < -0.4 is 5.73 Å². The number of hydrogen-bond acceptors (Lipinski definition) is 3. The predicted molar refractivity (Wildman–Crippen MR) is 60.5 cm³/mol. The van der Waals surface area contributed by atoms with Crippen LogP contribution in [-0.2, 0) is 9.53 Å². The van der Waals surface area contributed by atoms with E-state index in [0.29, 0.717) is 18.9 Å². The van der Waals surface area contributed by atoms with Gasteiger partial charge >= 0.3 is 5.97 Å². The number of carbonyl (C=O) groups excluding carboxylic acids is 1. The fraction of sp³-hybridized carbons (Fsp3) is 0.900. The molecule has 0 rings (SSSR count). The number of carbonyl (C=O) groups is 1. The Kier molecular flexibility index (Phi) is 10.7. The lowest BCUT2D eigenvalue weighted by Gasteiger charge is -2.17. The molecule has 2 N–H and O–H groups in total. The summed E-state index contributed by atoms with van der Waals surface area (Å²) in [6, 6.07) is 0.120. The van der Waals surface area contributed by atoms with Gasteiger partial charge in [0, 0.05) is 12.5 Å². The molecular weight excluding hydrogens is 202 g/mol. The third-order valence-electron chi connectivity index (χ3n) is 2.36. The summed E-state index contributed by atoms with van der Waals surface area (Å²) in [6.07, 6.45) is 2.23. The van der Waals surface area contributed by atoms with E-state index in [1.165, 1.54) is 0 Å². The fourth-order valence-electron chi connectivity index (χ4n) is 1.10. The molecule has 86 valence electrons. The zero-order chi connectivity index (χ0) is 10.3. The number of hydrogen-bond donors (Lipinski definition) is 1. The third kappa shape index (κ3) is 7.15. The molecule has 0 heterocycles. The number of esters is 1. The van der Waals surface area contributed by atoms with E-state index in [1.807, 2.05) is 6.92 Å². The van der Waals surface area contributed by atoms with Crippen molar-refractivity contribution in [3.05, 3.63) is 0 Å². The molecule has 0 saturated heterocycles. The molecule has 0 fully saturated rings. The zero-order valence-electron chi connectivity index (χ0n) is 9.29. The highest BCUT2D eigenvalue weighted by atomic mass is 35.5. The highest BCUT2D eigenvalue weighted by Gasteiger charge is 2.12. The van der Waals surface area contributed by atoms with Gasteiger partial charge in [0.1, 0.15) is 0 Å². The van der Waals surface area contributed by atoms with Crippen molar-refractivity contribution < 1.29 is 9.53 Å². The number of nitrogens with two attached hydrogens (primary N) is 1. The molecule has 0 aliphatic heterocycles. The van der Waals surface area contributed by atoms with Crippen molar-refractivity contribution in [3.8, 4) is 0 Å². The second-order valence-corrected chi connectivity index (χ2v) is 3.39. The van der Waals surface area contributed by atoms with Gasteiger partial charge in [0.05, 0.1) is 6.61 Å². The van der Waals surface area contributed by atoms with Crippen molar-refractivity contribution in [2.45, 2.75) is 46.1 Å². The van der Waals surface area contributed by atoms with Gasteiger partial charge in [-0.3, -0.25) is 4.79 Å². The molecule has 0 radical (unpaired) electrons. The van der Waals surface area contributed by atoms with E-state index in [2.05, 4.69) is 13.8 Å². The van der Waals surface area contributed by atoms with Crippen molar-refractivity contribution in [1.29, 1.82) is 0 Å². The summed E-state index contributed by atoms with van der Waals surface area (Å²) in [5.74, 6) is 0.343. The average molecular weight is 224 g/mol. The van der Waals surface area contributed by atoms with Crippen LogP contribution in [0.25, 0.3) is 0 Å². The number of halogens is 1. The molecule has 0 saturated carbocycles. The summed E-state index contributed by atoms with van der Waals surface area (Å²) in [4.78, 5) is 11.0. The highest BCUT2D eigenvalue weighted by Crippen LogP contribution is 2.10. The van der Waals surface area contributed by atoms with Crippen LogP contribution in [0.1, 0.15) is 40.0 Å². The fourth-order valence-corrected chi connectivity index (χ4v) is 1.10. The molecule has 0 aromatic rings. The van der Waals surface area contributed by atoms with Crippen LogP contribution in [0.15, 0.2) is 0 Å². The van der Waals surface area contributed by atoms with E-state index < -0.39 is 0 Å². The van der Waals surface area contributed by atoms with Crippen LogP contribution in [-0.4, -0.2) is 18.6 Å². The summed E-state index contributed by atoms with van der Waals surface area (Å²) in [5, 5.41) is 0. The van der Waals surface area contributed by atoms with Crippen LogP contribution >= 0.6 is 12.4 Å². The summed E-state index contributed by atoms with van der Waals surface area (Å²) in [6.45, 7) is 6.48. The van der Waals surface area contributed by atoms with Gasteiger partial charge < -0.3 is 10.5 Å². The molecule has 3 nitrogen and oxygen atoms in total. The Morgan fingerprint density at radius 2 is 2.00 bits per heavy atom. The molecule has 2 atom stereocenters. The Balaban J connectivity index is 0. The summed E-state index contributed by atoms with van der Waals surface area (Å²) in [7, 11) is 0. The maximum atomic E-state index is 11.0. The molecule has 2 unspecified atom stereocenters. The minimum absolute atomic E-state index is 0. The summed E-state index contributed by atoms with van der Waals surface area (Å²) >= 11 is 0. The van der Waals surface area contributed by atoms with Gasteiger partial charge in [0.25, 0.3) is 0 Å². The van der Waals surface area contributed by atoms with E-state index in [-0.39, 0.29) is 24.4 Å². The number of rotatable bonds is 6. The largest absolute Gasteiger partial charge is 0.466 e. The van der Waals surface area contributed by atoms with Crippen molar-refractivity contribution in [2.24, 2.45) is 11.7 Å². The smallest absolute Gasteiger partial charge is 0.305 e. The Bertz CT molecular complexity index is 153. The molecular formula is C10H22ClNO2. The van der Waals surface area contributed by atoms with Gasteiger partial charge in [-0.25, -0.2) is 0 Å². The maximum Gasteiger partial charge on any atom is 0.305 e. The minimum Gasteiger partial charge on any atom is -0.466 e. The Hall–Kier alpha value is -0.280. The lowest BCUT2D eigenvalue weighted by molar-refractivity contribution is -0.143. The Morgan fingerprint density at radius 1 is 1.43 bits per heavy atom. The van der Waals surface area contributed by atoms with Gasteiger partial charge in [0.15, 0.2) is 0 Å². The van der Waals surface area contributed by atoms with E-state index in [1.54, 1.807) is 0 Å². The zero-order valence-corrected chi connectivity index (χ0v) is 10.1. The molecule has 0 aromatic heterocycles. The van der Waals surface area contributed by atoms with Crippen LogP contribution in [0.3, 0.4) is 0 Å². The molecule has 0 aliphatic carbocycles. The van der Waals surface area contributed by atoms with Gasteiger partial charge in [-0.1, -0.05) is 20.3 Å². The van der Waals surface area contributed by atoms with Gasteiger partial charge in [-0.15, -0.1) is 12.4 Å². The minimum atomic E-state index is -0.138. The number of ether oxygens (including phenoxy) is 1. The van der Waals surface area contributed by atoms with Crippen molar-refractivity contribution >= 4 is 18.4 Å². The first-order valence-corrected chi connectivity index (χ1v) is 5.03. The highest BCUT2D eigenvalue weighted by molar-refractivity contribution is 5.85. The van der Waals surface area contributed by atoms with E-state index in [9.17, 15) is 4.79 Å². The van der Waals surface area contributed by atoms with E-state index in [0.717, 1.165) is 12.8 Å². The van der Waals surface area contributed by atoms with Gasteiger partial charge in [-0.05, 0) is 19.3 Å². The lowest BCUT2D eigenvalue weighted by atomic mass is 9.96. The molecule has 0 aliphatic rings. The SMILES string of the molecule is CCOC(=O)CCC(N)C(C)CC.Cl. The third-order valence-corrected chi connectivity index (χ3v) is 2.36.